The molecule has 94 valence electrons. The molecule has 1 saturated carbocycles. The largest absolute Gasteiger partial charge is 0.419 e. The highest BCUT2D eigenvalue weighted by atomic mass is 19.4. The summed E-state index contributed by atoms with van der Waals surface area (Å²) < 4.78 is 38.5. The van der Waals surface area contributed by atoms with Gasteiger partial charge in [-0.25, -0.2) is 0 Å². The van der Waals surface area contributed by atoms with Gasteiger partial charge in [0.2, 0.25) is 0 Å². The van der Waals surface area contributed by atoms with Gasteiger partial charge in [-0.2, -0.15) is 18.3 Å². The van der Waals surface area contributed by atoms with Crippen molar-refractivity contribution in [2.75, 3.05) is 13.1 Å². The lowest BCUT2D eigenvalue weighted by molar-refractivity contribution is -0.137. The van der Waals surface area contributed by atoms with Gasteiger partial charge in [0.25, 0.3) is 0 Å². The lowest BCUT2D eigenvalue weighted by atomic mass is 9.58. The van der Waals surface area contributed by atoms with E-state index in [1.165, 1.54) is 4.68 Å². The van der Waals surface area contributed by atoms with Crippen molar-refractivity contribution < 1.29 is 13.2 Å². The Labute approximate surface area is 97.0 Å². The molecule has 1 aliphatic heterocycles. The lowest BCUT2D eigenvalue weighted by Crippen LogP contribution is -2.60. The number of nitrogens with one attached hydrogen (secondary N) is 1. The van der Waals surface area contributed by atoms with E-state index in [1.807, 2.05) is 0 Å². The maximum absolute atomic E-state index is 12.4. The second kappa shape index (κ2) is 3.48. The normalized spacial score (nSPS) is 23.5. The fraction of sp³-hybridized carbons (Fsp3) is 0.727. The van der Waals surface area contributed by atoms with Gasteiger partial charge in [0.15, 0.2) is 0 Å². The Kier molecular flexibility index (Phi) is 2.26. The minimum absolute atomic E-state index is 0.463. The number of aromatic nitrogens is 2. The van der Waals surface area contributed by atoms with Crippen LogP contribution in [0.4, 0.5) is 13.2 Å². The van der Waals surface area contributed by atoms with Crippen LogP contribution in [-0.4, -0.2) is 22.9 Å². The van der Waals surface area contributed by atoms with Crippen LogP contribution in [0.5, 0.6) is 0 Å². The van der Waals surface area contributed by atoms with Crippen LogP contribution in [-0.2, 0) is 12.7 Å². The van der Waals surface area contributed by atoms with Crippen LogP contribution >= 0.6 is 0 Å². The second-order valence-electron chi connectivity index (χ2n) is 5.33. The minimum Gasteiger partial charge on any atom is -0.316 e. The highest BCUT2D eigenvalue weighted by molar-refractivity contribution is 5.09. The fourth-order valence-electron chi connectivity index (χ4n) is 2.94. The molecule has 1 N–H and O–H groups in total. The van der Waals surface area contributed by atoms with E-state index in [2.05, 4.69) is 10.4 Å². The molecule has 2 heterocycles. The Bertz CT molecular complexity index is 412. The number of nitrogens with zero attached hydrogens (tertiary/aromatic N) is 2. The topological polar surface area (TPSA) is 29.9 Å². The molecule has 0 atom stereocenters. The van der Waals surface area contributed by atoms with E-state index in [4.69, 9.17) is 0 Å². The van der Waals surface area contributed by atoms with Crippen LogP contribution in [0.15, 0.2) is 12.4 Å². The number of alkyl halides is 3. The first-order valence-electron chi connectivity index (χ1n) is 5.77. The molecule has 0 radical (unpaired) electrons. The van der Waals surface area contributed by atoms with Gasteiger partial charge in [0, 0.05) is 25.8 Å². The standard InChI is InChI=1S/C11H14F3N3/c12-11(13,14)9-3-16-17(5-9)4-8-1-10(2-8)6-15-7-10/h3,5,8,15H,1-2,4,6-7H2. The molecule has 0 amide bonds. The third-order valence-electron chi connectivity index (χ3n) is 3.85. The molecule has 0 bridgehead atoms. The van der Waals surface area contributed by atoms with Crippen molar-refractivity contribution in [2.24, 2.45) is 11.3 Å². The maximum Gasteiger partial charge on any atom is 0.419 e. The summed E-state index contributed by atoms with van der Waals surface area (Å²) in [7, 11) is 0. The highest BCUT2D eigenvalue weighted by Gasteiger charge is 2.48. The van der Waals surface area contributed by atoms with Gasteiger partial charge in [-0.15, -0.1) is 0 Å². The van der Waals surface area contributed by atoms with Crippen LogP contribution < -0.4 is 5.32 Å². The summed E-state index contributed by atoms with van der Waals surface area (Å²) in [6.45, 7) is 2.74. The minimum atomic E-state index is -4.28. The summed E-state index contributed by atoms with van der Waals surface area (Å²) in [5, 5.41) is 7.02. The maximum atomic E-state index is 12.4. The molecule has 2 fully saturated rings. The Morgan fingerprint density at radius 3 is 2.59 bits per heavy atom. The fourth-order valence-corrected chi connectivity index (χ4v) is 2.94. The summed E-state index contributed by atoms with van der Waals surface area (Å²) in [5.41, 5.74) is -0.193. The predicted molar refractivity (Wildman–Crippen MR) is 55.3 cm³/mol. The van der Waals surface area contributed by atoms with E-state index in [1.54, 1.807) is 0 Å². The van der Waals surface area contributed by atoms with E-state index < -0.39 is 11.7 Å². The van der Waals surface area contributed by atoms with Crippen molar-refractivity contribution in [3.63, 3.8) is 0 Å². The van der Waals surface area contributed by atoms with Crippen LogP contribution in [0.3, 0.4) is 0 Å². The quantitative estimate of drug-likeness (QED) is 0.862. The van der Waals surface area contributed by atoms with Crippen molar-refractivity contribution in [3.05, 3.63) is 18.0 Å². The number of hydrogen-bond donors (Lipinski definition) is 1. The molecule has 3 rings (SSSR count). The Balaban J connectivity index is 1.57. The molecule has 1 spiro atoms. The van der Waals surface area contributed by atoms with Crippen LogP contribution in [0, 0.1) is 11.3 Å². The summed E-state index contributed by atoms with van der Waals surface area (Å²) >= 11 is 0. The van der Waals surface area contributed by atoms with Crippen molar-refractivity contribution in [1.82, 2.24) is 15.1 Å². The number of hydrogen-bond acceptors (Lipinski definition) is 2. The summed E-state index contributed by atoms with van der Waals surface area (Å²) in [4.78, 5) is 0. The van der Waals surface area contributed by atoms with Gasteiger partial charge in [0.05, 0.1) is 11.8 Å². The highest BCUT2D eigenvalue weighted by Crippen LogP contribution is 2.48. The first-order valence-corrected chi connectivity index (χ1v) is 5.77. The first-order chi connectivity index (χ1) is 7.97. The SMILES string of the molecule is FC(F)(F)c1cnn(CC2CC3(CNC3)C2)c1. The number of rotatable bonds is 2. The molecule has 0 unspecified atom stereocenters. The molecule has 1 saturated heterocycles. The van der Waals surface area contributed by atoms with E-state index in [0.717, 1.165) is 38.3 Å². The van der Waals surface area contributed by atoms with Gasteiger partial charge in [-0.05, 0) is 24.2 Å². The molecule has 1 aliphatic carbocycles. The Morgan fingerprint density at radius 1 is 1.41 bits per heavy atom. The van der Waals surface area contributed by atoms with Gasteiger partial charge in [0.1, 0.15) is 0 Å². The second-order valence-corrected chi connectivity index (χ2v) is 5.33. The van der Waals surface area contributed by atoms with E-state index in [-0.39, 0.29) is 0 Å². The van der Waals surface area contributed by atoms with Crippen molar-refractivity contribution in [3.8, 4) is 0 Å². The predicted octanol–water partition coefficient (Wildman–Crippen LogP) is 1.90. The van der Waals surface area contributed by atoms with E-state index in [9.17, 15) is 13.2 Å². The Hall–Kier alpha value is -1.04. The summed E-state index contributed by atoms with van der Waals surface area (Å²) in [6, 6.07) is 0. The molecule has 17 heavy (non-hydrogen) atoms. The smallest absolute Gasteiger partial charge is 0.316 e. The third-order valence-corrected chi connectivity index (χ3v) is 3.85. The molecule has 0 aromatic carbocycles. The zero-order valence-corrected chi connectivity index (χ0v) is 9.30. The van der Waals surface area contributed by atoms with Crippen molar-refractivity contribution in [1.29, 1.82) is 0 Å². The lowest BCUT2D eigenvalue weighted by Gasteiger charge is -2.54. The molecular formula is C11H14F3N3. The molecular weight excluding hydrogens is 231 g/mol. The van der Waals surface area contributed by atoms with Crippen LogP contribution in [0.25, 0.3) is 0 Å². The first kappa shape index (κ1) is 11.1. The van der Waals surface area contributed by atoms with Gasteiger partial charge >= 0.3 is 6.18 Å². The molecule has 1 aromatic rings. The average Bonchev–Trinajstić information content (AvgIpc) is 2.54. The van der Waals surface area contributed by atoms with Gasteiger partial charge < -0.3 is 5.32 Å². The zero-order chi connectivity index (χ0) is 12.1. The monoisotopic (exact) mass is 245 g/mol. The van der Waals surface area contributed by atoms with Crippen LogP contribution in [0.1, 0.15) is 18.4 Å². The van der Waals surface area contributed by atoms with E-state index in [0.29, 0.717) is 17.9 Å². The van der Waals surface area contributed by atoms with Gasteiger partial charge in [-0.1, -0.05) is 0 Å². The molecule has 3 nitrogen and oxygen atoms in total. The third kappa shape index (κ3) is 1.94. The number of halogens is 3. The molecule has 1 aromatic heterocycles. The summed E-state index contributed by atoms with van der Waals surface area (Å²) in [5.74, 6) is 0.484. The van der Waals surface area contributed by atoms with Crippen molar-refractivity contribution in [2.45, 2.75) is 25.6 Å². The summed E-state index contributed by atoms with van der Waals surface area (Å²) in [6.07, 6.45) is -0.0528. The molecule has 2 aliphatic rings. The molecule has 6 heteroatoms. The average molecular weight is 245 g/mol. The zero-order valence-electron chi connectivity index (χ0n) is 9.30. The Morgan fingerprint density at radius 2 is 2.12 bits per heavy atom. The van der Waals surface area contributed by atoms with Crippen molar-refractivity contribution >= 4 is 0 Å². The van der Waals surface area contributed by atoms with Crippen LogP contribution in [0.2, 0.25) is 0 Å². The van der Waals surface area contributed by atoms with Gasteiger partial charge in [-0.3, -0.25) is 4.68 Å². The van der Waals surface area contributed by atoms with E-state index >= 15 is 0 Å².